The molecule has 0 spiro atoms. The van der Waals surface area contributed by atoms with E-state index in [4.69, 9.17) is 28.9 Å². The lowest BCUT2D eigenvalue weighted by Crippen LogP contribution is -2.02. The van der Waals surface area contributed by atoms with E-state index in [1.54, 1.807) is 0 Å². The maximum Gasteiger partial charge on any atom is 0.167 e. The molecule has 0 amide bonds. The van der Waals surface area contributed by atoms with Gasteiger partial charge in [-0.1, -0.05) is 103 Å². The summed E-state index contributed by atoms with van der Waals surface area (Å²) < 4.78 is 14.9. The van der Waals surface area contributed by atoms with Gasteiger partial charge >= 0.3 is 0 Å². The minimum atomic E-state index is 0.509. The summed E-state index contributed by atoms with van der Waals surface area (Å²) in [6.45, 7) is 0. The molecule has 7 aromatic carbocycles. The van der Waals surface area contributed by atoms with Crippen molar-refractivity contribution < 1.29 is 8.83 Å². The van der Waals surface area contributed by atoms with Crippen LogP contribution in [0.4, 0.5) is 0 Å². The van der Waals surface area contributed by atoms with E-state index in [0.29, 0.717) is 17.5 Å². The second kappa shape index (κ2) is 10.7. The van der Waals surface area contributed by atoms with Gasteiger partial charge in [0.1, 0.15) is 22.3 Å². The number of furan rings is 2. The lowest BCUT2D eigenvalue weighted by Gasteiger charge is -2.10. The Hall–Kier alpha value is -7.12. The molecule has 238 valence electrons. The molecule has 0 radical (unpaired) electrons. The largest absolute Gasteiger partial charge is 0.455 e. The molecule has 51 heavy (non-hydrogen) atoms. The maximum absolute atomic E-state index is 6.45. The van der Waals surface area contributed by atoms with Gasteiger partial charge in [-0.2, -0.15) is 5.10 Å². The van der Waals surface area contributed by atoms with E-state index in [0.717, 1.165) is 77.2 Å². The van der Waals surface area contributed by atoms with Gasteiger partial charge in [0, 0.05) is 32.5 Å². The van der Waals surface area contributed by atoms with Crippen LogP contribution in [0.3, 0.4) is 0 Å². The summed E-state index contributed by atoms with van der Waals surface area (Å²) in [5.74, 6) is 1.54. The number of nitrogens with zero attached hydrogens (tertiary/aromatic N) is 5. The van der Waals surface area contributed by atoms with Gasteiger partial charge in [-0.15, -0.1) is 0 Å². The number of hydrogen-bond acceptors (Lipinski definition) is 6. The molecule has 0 fully saturated rings. The zero-order valence-corrected chi connectivity index (χ0v) is 27.0. The Morgan fingerprint density at radius 2 is 1.00 bits per heavy atom. The van der Waals surface area contributed by atoms with Crippen molar-refractivity contribution in [2.75, 3.05) is 0 Å². The first-order chi connectivity index (χ1) is 25.3. The van der Waals surface area contributed by atoms with Crippen LogP contribution in [0.1, 0.15) is 0 Å². The zero-order chi connectivity index (χ0) is 33.5. The van der Waals surface area contributed by atoms with E-state index < -0.39 is 0 Å². The molecule has 7 heteroatoms. The smallest absolute Gasteiger partial charge is 0.167 e. The first-order valence-electron chi connectivity index (χ1n) is 16.8. The molecule has 4 heterocycles. The molecule has 0 saturated carbocycles. The van der Waals surface area contributed by atoms with Gasteiger partial charge in [0.15, 0.2) is 17.5 Å². The van der Waals surface area contributed by atoms with Crippen LogP contribution < -0.4 is 0 Å². The van der Waals surface area contributed by atoms with Crippen LogP contribution in [0.2, 0.25) is 0 Å². The molecular weight excluding hydrogens is 631 g/mol. The SMILES string of the molecule is c1cc(-c2nc(-c3cccc4c3oc3ccccc34)nc(-c3cccc4c3oc3ccccc34)n2)cc(-n2ncc3c4ccccc4ccc32)c1. The van der Waals surface area contributed by atoms with Crippen LogP contribution in [-0.2, 0) is 0 Å². The Morgan fingerprint density at radius 1 is 0.431 bits per heavy atom. The Labute approximate surface area is 290 Å². The highest BCUT2D eigenvalue weighted by Gasteiger charge is 2.20. The fraction of sp³-hybridized carbons (Fsp3) is 0. The van der Waals surface area contributed by atoms with Gasteiger partial charge in [-0.25, -0.2) is 19.6 Å². The topological polar surface area (TPSA) is 82.8 Å². The number of rotatable bonds is 4. The van der Waals surface area contributed by atoms with Crippen molar-refractivity contribution >= 4 is 65.6 Å². The third kappa shape index (κ3) is 4.25. The summed E-state index contributed by atoms with van der Waals surface area (Å²) >= 11 is 0. The molecule has 0 N–H and O–H groups in total. The van der Waals surface area contributed by atoms with Crippen molar-refractivity contribution in [1.82, 2.24) is 24.7 Å². The Bertz CT molecular complexity index is 3040. The molecule has 0 saturated heterocycles. The van der Waals surface area contributed by atoms with Crippen molar-refractivity contribution in [3.63, 3.8) is 0 Å². The predicted octanol–water partition coefficient (Wildman–Crippen LogP) is 11.2. The number of aromatic nitrogens is 5. The van der Waals surface area contributed by atoms with E-state index >= 15 is 0 Å². The number of para-hydroxylation sites is 4. The minimum Gasteiger partial charge on any atom is -0.455 e. The van der Waals surface area contributed by atoms with Crippen molar-refractivity contribution in [1.29, 1.82) is 0 Å². The lowest BCUT2D eigenvalue weighted by molar-refractivity contribution is 0.669. The Kier molecular flexibility index (Phi) is 5.83. The van der Waals surface area contributed by atoms with Crippen molar-refractivity contribution in [2.45, 2.75) is 0 Å². The molecule has 0 aliphatic heterocycles. The minimum absolute atomic E-state index is 0.509. The van der Waals surface area contributed by atoms with E-state index in [1.807, 2.05) is 83.7 Å². The highest BCUT2D eigenvalue weighted by atomic mass is 16.3. The summed E-state index contributed by atoms with van der Waals surface area (Å²) in [5.41, 5.74) is 7.41. The highest BCUT2D eigenvalue weighted by molar-refractivity contribution is 6.11. The average Bonchev–Trinajstić information content (AvgIpc) is 3.91. The molecule has 11 aromatic rings. The fourth-order valence-electron chi connectivity index (χ4n) is 7.36. The third-order valence-electron chi connectivity index (χ3n) is 9.75. The summed E-state index contributed by atoms with van der Waals surface area (Å²) in [6.07, 6.45) is 1.94. The molecule has 4 aromatic heterocycles. The van der Waals surface area contributed by atoms with Crippen LogP contribution in [-0.4, -0.2) is 24.7 Å². The molecule has 0 bridgehead atoms. The van der Waals surface area contributed by atoms with Gasteiger partial charge in [0.05, 0.1) is 28.5 Å². The molecule has 0 atom stereocenters. The maximum atomic E-state index is 6.45. The molecule has 0 aliphatic carbocycles. The highest BCUT2D eigenvalue weighted by Crippen LogP contribution is 2.38. The van der Waals surface area contributed by atoms with Gasteiger partial charge in [-0.3, -0.25) is 0 Å². The summed E-state index contributed by atoms with van der Waals surface area (Å²) in [4.78, 5) is 15.4. The Morgan fingerprint density at radius 3 is 1.69 bits per heavy atom. The number of hydrogen-bond donors (Lipinski definition) is 0. The van der Waals surface area contributed by atoms with E-state index in [9.17, 15) is 0 Å². The lowest BCUT2D eigenvalue weighted by atomic mass is 10.1. The molecule has 7 nitrogen and oxygen atoms in total. The first-order valence-corrected chi connectivity index (χ1v) is 16.8. The van der Waals surface area contributed by atoms with Crippen LogP contribution in [0.5, 0.6) is 0 Å². The standard InChI is InChI=1S/C44H25N5O2/c1-2-13-29-26(10-1)22-23-37-36(29)25-45-49(37)28-12-7-11-27(24-28)42-46-43(34-18-8-16-32-30-14-3-5-20-38(30)50-40(32)34)48-44(47-42)35-19-9-17-33-31-15-4-6-21-39(31)51-41(33)35/h1-25H. The predicted molar refractivity (Wildman–Crippen MR) is 203 cm³/mol. The Balaban J connectivity index is 1.14. The quantitative estimate of drug-likeness (QED) is 0.188. The number of benzene rings is 7. The van der Waals surface area contributed by atoms with Crippen LogP contribution in [0.15, 0.2) is 161 Å². The van der Waals surface area contributed by atoms with Crippen molar-refractivity contribution in [3.8, 4) is 39.9 Å². The second-order valence-electron chi connectivity index (χ2n) is 12.7. The molecule has 11 rings (SSSR count). The van der Waals surface area contributed by atoms with Crippen LogP contribution in [0.25, 0.3) is 105 Å². The zero-order valence-electron chi connectivity index (χ0n) is 27.0. The molecular formula is C44H25N5O2. The summed E-state index contributed by atoms with van der Waals surface area (Å²) in [7, 11) is 0. The van der Waals surface area contributed by atoms with E-state index in [1.165, 1.54) is 10.8 Å². The van der Waals surface area contributed by atoms with Gasteiger partial charge in [0.2, 0.25) is 0 Å². The van der Waals surface area contributed by atoms with Crippen molar-refractivity contribution in [2.24, 2.45) is 0 Å². The molecule has 0 unspecified atom stereocenters. The van der Waals surface area contributed by atoms with Crippen molar-refractivity contribution in [3.05, 3.63) is 152 Å². The number of fused-ring (bicyclic) bond motifs is 9. The van der Waals surface area contributed by atoms with Crippen LogP contribution in [0, 0.1) is 0 Å². The van der Waals surface area contributed by atoms with Gasteiger partial charge < -0.3 is 8.83 Å². The fourth-order valence-corrected chi connectivity index (χ4v) is 7.36. The van der Waals surface area contributed by atoms with Crippen LogP contribution >= 0.6 is 0 Å². The van der Waals surface area contributed by atoms with E-state index in [2.05, 4.69) is 72.8 Å². The van der Waals surface area contributed by atoms with Gasteiger partial charge in [0.25, 0.3) is 0 Å². The average molecular weight is 656 g/mol. The molecule has 0 aliphatic rings. The van der Waals surface area contributed by atoms with E-state index in [-0.39, 0.29) is 0 Å². The third-order valence-corrected chi connectivity index (χ3v) is 9.75. The first kappa shape index (κ1) is 27.8. The van der Waals surface area contributed by atoms with Gasteiger partial charge in [-0.05, 0) is 53.2 Å². The second-order valence-corrected chi connectivity index (χ2v) is 12.7. The summed E-state index contributed by atoms with van der Waals surface area (Å²) in [6, 6.07) is 49.2. The summed E-state index contributed by atoms with van der Waals surface area (Å²) in [5, 5.41) is 12.4. The monoisotopic (exact) mass is 655 g/mol. The normalized spacial score (nSPS) is 11.9.